The highest BCUT2D eigenvalue weighted by Crippen LogP contribution is 2.24. The quantitative estimate of drug-likeness (QED) is 0.199. The first-order valence-electron chi connectivity index (χ1n) is 15.2. The minimum Gasteiger partial charge on any atom is -0.487 e. The Morgan fingerprint density at radius 3 is 2.61 bits per heavy atom. The molecule has 0 bridgehead atoms. The summed E-state index contributed by atoms with van der Waals surface area (Å²) in [6, 6.07) is 27.6. The number of rotatable bonds is 13. The lowest BCUT2D eigenvalue weighted by molar-refractivity contribution is 0.0274. The van der Waals surface area contributed by atoms with E-state index in [2.05, 4.69) is 47.3 Å². The van der Waals surface area contributed by atoms with Crippen molar-refractivity contribution in [2.45, 2.75) is 19.3 Å². The summed E-state index contributed by atoms with van der Waals surface area (Å²) in [4.78, 5) is 26.4. The Morgan fingerprint density at radius 2 is 1.76 bits per heavy atom. The molecule has 46 heavy (non-hydrogen) atoms. The fourth-order valence-electron chi connectivity index (χ4n) is 5.22. The van der Waals surface area contributed by atoms with Crippen LogP contribution in [0.25, 0.3) is 33.2 Å². The second kappa shape index (κ2) is 14.0. The molecule has 3 heterocycles. The predicted octanol–water partition coefficient (Wildman–Crippen LogP) is 4.54. The number of nitrogens with one attached hydrogen (secondary N) is 1. The number of nitrogens with zero attached hydrogens (tertiary/aromatic N) is 7. The highest BCUT2D eigenvalue weighted by molar-refractivity contribution is 5.83. The minimum atomic E-state index is -0.274. The molecule has 6 rings (SSSR count). The van der Waals surface area contributed by atoms with Crippen LogP contribution in [-0.2, 0) is 17.9 Å². The van der Waals surface area contributed by atoms with Crippen molar-refractivity contribution < 1.29 is 9.47 Å². The molecule has 3 aromatic heterocycles. The van der Waals surface area contributed by atoms with E-state index in [1.165, 1.54) is 4.80 Å². The molecule has 1 N–H and O–H groups in total. The molecule has 0 aliphatic carbocycles. The Kier molecular flexibility index (Phi) is 9.43. The van der Waals surface area contributed by atoms with Gasteiger partial charge in [0.15, 0.2) is 0 Å². The minimum absolute atomic E-state index is 0.114. The molecule has 0 aliphatic heterocycles. The van der Waals surface area contributed by atoms with Crippen LogP contribution in [0.1, 0.15) is 22.9 Å². The normalized spacial score (nSPS) is 12.4. The summed E-state index contributed by atoms with van der Waals surface area (Å²) < 4.78 is 12.3. The van der Waals surface area contributed by atoms with E-state index in [1.807, 2.05) is 101 Å². The third kappa shape index (κ3) is 7.63. The summed E-state index contributed by atoms with van der Waals surface area (Å²) in [6.45, 7) is 2.90. The largest absolute Gasteiger partial charge is 0.487 e. The van der Waals surface area contributed by atoms with Crippen LogP contribution in [0.4, 0.5) is 0 Å². The number of para-hydroxylation sites is 1. The van der Waals surface area contributed by atoms with Gasteiger partial charge in [0.25, 0.3) is 5.56 Å². The summed E-state index contributed by atoms with van der Waals surface area (Å²) in [5, 5.41) is 14.9. The standard InChI is InChI=1S/C35H38N8O3/c1-41(2)16-17-45-33(22-42(3)4)26-13-15-32-27(19-26)20-30(35(44)37-32)34-38-40-43(39-34)21-24-8-7-10-29(18-24)46-23-28-14-12-25-9-5-6-11-31(25)36-28/h5-15,18-20,33H,16-17,21-23H2,1-4H3,(H,37,44). The van der Waals surface area contributed by atoms with Crippen molar-refractivity contribution in [3.05, 3.63) is 112 Å². The molecule has 0 fully saturated rings. The Labute approximate surface area is 267 Å². The molecule has 236 valence electrons. The van der Waals surface area contributed by atoms with Gasteiger partial charge in [-0.1, -0.05) is 42.5 Å². The highest BCUT2D eigenvalue weighted by atomic mass is 16.5. The molecule has 1 unspecified atom stereocenters. The van der Waals surface area contributed by atoms with Gasteiger partial charge in [-0.05, 0) is 92.4 Å². The summed E-state index contributed by atoms with van der Waals surface area (Å²) in [5.41, 5.74) is 4.58. The van der Waals surface area contributed by atoms with Crippen molar-refractivity contribution in [2.75, 3.05) is 47.9 Å². The zero-order chi connectivity index (χ0) is 32.0. The number of pyridine rings is 2. The first-order valence-corrected chi connectivity index (χ1v) is 15.2. The van der Waals surface area contributed by atoms with Crippen LogP contribution in [0.15, 0.2) is 89.7 Å². The predicted molar refractivity (Wildman–Crippen MR) is 179 cm³/mol. The number of hydrogen-bond donors (Lipinski definition) is 1. The van der Waals surface area contributed by atoms with Gasteiger partial charge in [-0.25, -0.2) is 4.98 Å². The molecule has 11 nitrogen and oxygen atoms in total. The van der Waals surface area contributed by atoms with E-state index in [0.717, 1.165) is 51.7 Å². The number of hydrogen-bond acceptors (Lipinski definition) is 9. The third-order valence-corrected chi connectivity index (χ3v) is 7.59. The zero-order valence-electron chi connectivity index (χ0n) is 26.6. The van der Waals surface area contributed by atoms with E-state index >= 15 is 0 Å². The van der Waals surface area contributed by atoms with Crippen molar-refractivity contribution in [1.29, 1.82) is 0 Å². The third-order valence-electron chi connectivity index (χ3n) is 7.59. The maximum atomic E-state index is 13.0. The van der Waals surface area contributed by atoms with Gasteiger partial charge in [-0.2, -0.15) is 4.80 Å². The fraction of sp³-hybridized carbons (Fsp3) is 0.286. The van der Waals surface area contributed by atoms with E-state index in [-0.39, 0.29) is 17.5 Å². The van der Waals surface area contributed by atoms with Crippen molar-refractivity contribution in [3.8, 4) is 17.1 Å². The second-order valence-electron chi connectivity index (χ2n) is 11.9. The van der Waals surface area contributed by atoms with E-state index in [4.69, 9.17) is 9.47 Å². The smallest absolute Gasteiger partial charge is 0.259 e. The number of aromatic amines is 1. The lowest BCUT2D eigenvalue weighted by atomic mass is 10.0. The zero-order valence-corrected chi connectivity index (χ0v) is 26.6. The molecule has 0 saturated carbocycles. The van der Waals surface area contributed by atoms with Crippen LogP contribution in [0.5, 0.6) is 5.75 Å². The number of H-pyrrole nitrogens is 1. The van der Waals surface area contributed by atoms with Gasteiger partial charge in [-0.3, -0.25) is 4.79 Å². The lowest BCUT2D eigenvalue weighted by Gasteiger charge is -2.23. The van der Waals surface area contributed by atoms with E-state index in [9.17, 15) is 4.79 Å². The Morgan fingerprint density at radius 1 is 0.891 bits per heavy atom. The number of likely N-dealkylation sites (N-methyl/N-ethyl adjacent to an activating group) is 2. The second-order valence-corrected chi connectivity index (χ2v) is 11.9. The molecule has 0 aliphatic rings. The summed E-state index contributed by atoms with van der Waals surface area (Å²) in [6.07, 6.45) is -0.114. The van der Waals surface area contributed by atoms with Gasteiger partial charge in [-0.15, -0.1) is 10.2 Å². The summed E-state index contributed by atoms with van der Waals surface area (Å²) >= 11 is 0. The van der Waals surface area contributed by atoms with Crippen LogP contribution in [0, 0.1) is 0 Å². The van der Waals surface area contributed by atoms with Crippen LogP contribution in [-0.4, -0.2) is 87.9 Å². The number of aromatic nitrogens is 6. The molecular formula is C35H38N8O3. The number of ether oxygens (including phenoxy) is 2. The first-order chi connectivity index (χ1) is 22.3. The van der Waals surface area contributed by atoms with Gasteiger partial charge >= 0.3 is 0 Å². The Bertz CT molecular complexity index is 2000. The molecule has 3 aromatic carbocycles. The Hall–Kier alpha value is -4.97. The maximum absolute atomic E-state index is 13.0. The maximum Gasteiger partial charge on any atom is 0.259 e. The van der Waals surface area contributed by atoms with Crippen molar-refractivity contribution >= 4 is 21.8 Å². The van der Waals surface area contributed by atoms with Gasteiger partial charge in [0, 0.05) is 24.0 Å². The van der Waals surface area contributed by atoms with Crippen LogP contribution in [0.3, 0.4) is 0 Å². The molecule has 0 amide bonds. The summed E-state index contributed by atoms with van der Waals surface area (Å²) in [7, 11) is 8.11. The van der Waals surface area contributed by atoms with Crippen molar-refractivity contribution in [1.82, 2.24) is 40.0 Å². The van der Waals surface area contributed by atoms with Crippen molar-refractivity contribution in [3.63, 3.8) is 0 Å². The number of tetrazole rings is 1. The lowest BCUT2D eigenvalue weighted by Crippen LogP contribution is -2.25. The number of fused-ring (bicyclic) bond motifs is 2. The monoisotopic (exact) mass is 618 g/mol. The van der Waals surface area contributed by atoms with E-state index in [1.54, 1.807) is 0 Å². The molecule has 0 radical (unpaired) electrons. The van der Waals surface area contributed by atoms with Crippen molar-refractivity contribution in [2.24, 2.45) is 0 Å². The Balaban J connectivity index is 1.16. The molecule has 0 spiro atoms. The van der Waals surface area contributed by atoms with E-state index in [0.29, 0.717) is 31.1 Å². The molecule has 0 saturated heterocycles. The molecule has 6 aromatic rings. The van der Waals surface area contributed by atoms with Crippen LogP contribution >= 0.6 is 0 Å². The topological polar surface area (TPSA) is 114 Å². The highest BCUT2D eigenvalue weighted by Gasteiger charge is 2.17. The average Bonchev–Trinajstić information content (AvgIpc) is 3.50. The van der Waals surface area contributed by atoms with Crippen LogP contribution < -0.4 is 10.3 Å². The average molecular weight is 619 g/mol. The fourth-order valence-corrected chi connectivity index (χ4v) is 5.22. The van der Waals surface area contributed by atoms with Gasteiger partial charge < -0.3 is 24.3 Å². The number of benzene rings is 3. The molecular weight excluding hydrogens is 580 g/mol. The van der Waals surface area contributed by atoms with Gasteiger partial charge in [0.05, 0.1) is 36.0 Å². The SMILES string of the molecule is CN(C)CCOC(CN(C)C)c1ccc2[nH]c(=O)c(-c3nnn(Cc4cccc(OCc5ccc6ccccc6n5)c4)n3)cc2c1. The first kappa shape index (κ1) is 31.0. The molecule has 1 atom stereocenters. The van der Waals surface area contributed by atoms with Gasteiger partial charge in [0.1, 0.15) is 12.4 Å². The van der Waals surface area contributed by atoms with Gasteiger partial charge in [0.2, 0.25) is 5.82 Å². The van der Waals surface area contributed by atoms with Crippen LogP contribution in [0.2, 0.25) is 0 Å². The molecule has 11 heteroatoms. The summed E-state index contributed by atoms with van der Waals surface area (Å²) in [5.74, 6) is 0.975. The van der Waals surface area contributed by atoms with E-state index < -0.39 is 0 Å².